The predicted octanol–water partition coefficient (Wildman–Crippen LogP) is 5.66. The largest absolute Gasteiger partial charge is 0.466 e. The summed E-state index contributed by atoms with van der Waals surface area (Å²) in [6.07, 6.45) is 12.4. The molecule has 0 aromatic heterocycles. The van der Waals surface area contributed by atoms with E-state index in [2.05, 4.69) is 31.6 Å². The summed E-state index contributed by atoms with van der Waals surface area (Å²) in [4.78, 5) is 11.0. The second-order valence-electron chi connectivity index (χ2n) is 5.98. The van der Waals surface area contributed by atoms with E-state index in [4.69, 9.17) is 11.6 Å². The standard InChI is InChI=1S/C18H31ClO2/c1-6-16(12-9-13-18(4,19)7-2)11-8-10-15(3)14-17(20)21-5/h8,10,14,16H,6-7,9,11-13H2,1-5H3. The van der Waals surface area contributed by atoms with Crippen LogP contribution >= 0.6 is 11.6 Å². The van der Waals surface area contributed by atoms with Crippen molar-refractivity contribution in [2.24, 2.45) is 5.92 Å². The Balaban J connectivity index is 4.16. The van der Waals surface area contributed by atoms with Crippen molar-refractivity contribution in [3.63, 3.8) is 0 Å². The Bertz CT molecular complexity index is 356. The molecule has 0 bridgehead atoms. The van der Waals surface area contributed by atoms with Crippen LogP contribution in [0.15, 0.2) is 23.8 Å². The van der Waals surface area contributed by atoms with Crippen molar-refractivity contribution in [1.82, 2.24) is 0 Å². The third kappa shape index (κ3) is 10.6. The van der Waals surface area contributed by atoms with E-state index in [1.165, 1.54) is 32.4 Å². The summed E-state index contributed by atoms with van der Waals surface area (Å²) in [7, 11) is 1.39. The number of rotatable bonds is 10. The first-order chi connectivity index (χ1) is 9.84. The molecule has 2 atom stereocenters. The first kappa shape index (κ1) is 20.2. The van der Waals surface area contributed by atoms with Gasteiger partial charge in [-0.05, 0) is 44.6 Å². The number of carbonyl (C=O) groups excluding carboxylic acids is 1. The number of alkyl halides is 1. The van der Waals surface area contributed by atoms with E-state index in [9.17, 15) is 4.79 Å². The van der Waals surface area contributed by atoms with Crippen molar-refractivity contribution < 1.29 is 9.53 Å². The zero-order valence-electron chi connectivity index (χ0n) is 14.2. The maximum absolute atomic E-state index is 11.1. The van der Waals surface area contributed by atoms with Gasteiger partial charge in [-0.25, -0.2) is 4.79 Å². The number of methoxy groups -OCH3 is 1. The molecule has 0 saturated carbocycles. The smallest absolute Gasteiger partial charge is 0.330 e. The summed E-state index contributed by atoms with van der Waals surface area (Å²) in [6, 6.07) is 0. The highest BCUT2D eigenvalue weighted by Gasteiger charge is 2.17. The second kappa shape index (κ2) is 10.9. The van der Waals surface area contributed by atoms with Gasteiger partial charge in [-0.3, -0.25) is 0 Å². The maximum atomic E-state index is 11.1. The number of carbonyl (C=O) groups is 1. The van der Waals surface area contributed by atoms with E-state index < -0.39 is 0 Å². The molecular weight excluding hydrogens is 284 g/mol. The van der Waals surface area contributed by atoms with E-state index in [0.29, 0.717) is 5.92 Å². The van der Waals surface area contributed by atoms with Gasteiger partial charge >= 0.3 is 5.97 Å². The summed E-state index contributed by atoms with van der Waals surface area (Å²) in [5.74, 6) is 0.390. The molecule has 2 unspecified atom stereocenters. The van der Waals surface area contributed by atoms with Crippen molar-refractivity contribution in [1.29, 1.82) is 0 Å². The van der Waals surface area contributed by atoms with Crippen molar-refractivity contribution >= 4 is 17.6 Å². The van der Waals surface area contributed by atoms with E-state index in [0.717, 1.165) is 24.8 Å². The van der Waals surface area contributed by atoms with Crippen LogP contribution in [0.3, 0.4) is 0 Å². The van der Waals surface area contributed by atoms with Gasteiger partial charge in [-0.15, -0.1) is 11.6 Å². The Labute approximate surface area is 135 Å². The summed E-state index contributed by atoms with van der Waals surface area (Å²) >= 11 is 6.39. The summed E-state index contributed by atoms with van der Waals surface area (Å²) in [5.41, 5.74) is 0.927. The Morgan fingerprint density at radius 3 is 2.57 bits per heavy atom. The van der Waals surface area contributed by atoms with Crippen molar-refractivity contribution in [3.05, 3.63) is 23.8 Å². The summed E-state index contributed by atoms with van der Waals surface area (Å²) in [6.45, 7) is 8.41. The first-order valence-corrected chi connectivity index (χ1v) is 8.34. The molecule has 0 aromatic rings. The number of esters is 1. The van der Waals surface area contributed by atoms with Gasteiger partial charge in [0.1, 0.15) is 0 Å². The van der Waals surface area contributed by atoms with Gasteiger partial charge in [-0.2, -0.15) is 0 Å². The highest BCUT2D eigenvalue weighted by atomic mass is 35.5. The van der Waals surface area contributed by atoms with Crippen molar-refractivity contribution in [2.75, 3.05) is 7.11 Å². The Hall–Kier alpha value is -0.760. The van der Waals surface area contributed by atoms with E-state index >= 15 is 0 Å². The third-order valence-corrected chi connectivity index (χ3v) is 4.48. The number of hydrogen-bond donors (Lipinski definition) is 0. The molecule has 0 aliphatic rings. The lowest BCUT2D eigenvalue weighted by molar-refractivity contribution is -0.134. The van der Waals surface area contributed by atoms with Gasteiger partial charge in [0.25, 0.3) is 0 Å². The molecule has 122 valence electrons. The van der Waals surface area contributed by atoms with Crippen LogP contribution in [-0.2, 0) is 9.53 Å². The van der Waals surface area contributed by atoms with Gasteiger partial charge < -0.3 is 4.74 Å². The molecule has 0 aromatic carbocycles. The quantitative estimate of drug-likeness (QED) is 0.225. The molecule has 2 nitrogen and oxygen atoms in total. The number of halogens is 1. The molecule has 0 fully saturated rings. The molecular formula is C18H31ClO2. The molecule has 3 heteroatoms. The number of allylic oxidation sites excluding steroid dienone is 3. The lowest BCUT2D eigenvalue weighted by Gasteiger charge is -2.21. The predicted molar refractivity (Wildman–Crippen MR) is 91.7 cm³/mol. The molecule has 0 amide bonds. The van der Waals surface area contributed by atoms with Crippen LogP contribution in [0.4, 0.5) is 0 Å². The minimum atomic E-state index is -0.301. The molecule has 0 aliphatic heterocycles. The van der Waals surface area contributed by atoms with Gasteiger partial charge in [0, 0.05) is 11.0 Å². The van der Waals surface area contributed by atoms with Crippen molar-refractivity contribution in [2.45, 2.75) is 71.1 Å². The van der Waals surface area contributed by atoms with Crippen LogP contribution in [0.1, 0.15) is 66.2 Å². The van der Waals surface area contributed by atoms with Crippen LogP contribution in [0, 0.1) is 5.92 Å². The lowest BCUT2D eigenvalue weighted by atomic mass is 9.92. The average Bonchev–Trinajstić information content (AvgIpc) is 2.45. The number of hydrogen-bond acceptors (Lipinski definition) is 2. The molecule has 0 N–H and O–H groups in total. The van der Waals surface area contributed by atoms with Crippen LogP contribution in [0.25, 0.3) is 0 Å². The van der Waals surface area contributed by atoms with E-state index in [-0.39, 0.29) is 10.8 Å². The zero-order chi connectivity index (χ0) is 16.3. The molecule has 0 radical (unpaired) electrons. The molecule has 0 saturated heterocycles. The molecule has 0 aliphatic carbocycles. The monoisotopic (exact) mass is 314 g/mol. The van der Waals surface area contributed by atoms with Gasteiger partial charge in [0.2, 0.25) is 0 Å². The molecule has 0 spiro atoms. The normalized spacial score (nSPS) is 16.8. The van der Waals surface area contributed by atoms with Gasteiger partial charge in [0.05, 0.1) is 7.11 Å². The van der Waals surface area contributed by atoms with E-state index in [1.54, 1.807) is 0 Å². The number of ether oxygens (including phenoxy) is 1. The maximum Gasteiger partial charge on any atom is 0.330 e. The Morgan fingerprint density at radius 2 is 2.05 bits per heavy atom. The third-order valence-electron chi connectivity index (χ3n) is 4.02. The molecule has 21 heavy (non-hydrogen) atoms. The lowest BCUT2D eigenvalue weighted by Crippen LogP contribution is -2.14. The Kier molecular flexibility index (Phi) is 10.5. The zero-order valence-corrected chi connectivity index (χ0v) is 15.0. The highest BCUT2D eigenvalue weighted by Crippen LogP contribution is 2.27. The highest BCUT2D eigenvalue weighted by molar-refractivity contribution is 6.23. The van der Waals surface area contributed by atoms with E-state index in [1.807, 2.05) is 13.0 Å². The fraction of sp³-hybridized carbons (Fsp3) is 0.722. The summed E-state index contributed by atoms with van der Waals surface area (Å²) in [5, 5.41) is 0. The van der Waals surface area contributed by atoms with Crippen LogP contribution in [-0.4, -0.2) is 18.0 Å². The topological polar surface area (TPSA) is 26.3 Å². The minimum absolute atomic E-state index is 0.0476. The molecule has 0 heterocycles. The van der Waals surface area contributed by atoms with Gasteiger partial charge in [0.15, 0.2) is 0 Å². The fourth-order valence-corrected chi connectivity index (χ4v) is 2.30. The molecule has 0 rings (SSSR count). The first-order valence-electron chi connectivity index (χ1n) is 7.96. The second-order valence-corrected chi connectivity index (χ2v) is 6.90. The van der Waals surface area contributed by atoms with Crippen LogP contribution < -0.4 is 0 Å². The average molecular weight is 315 g/mol. The fourth-order valence-electron chi connectivity index (χ4n) is 2.16. The van der Waals surface area contributed by atoms with Crippen LogP contribution in [0.5, 0.6) is 0 Å². The SMILES string of the molecule is CCC(CC=CC(C)=CC(=O)OC)CCCC(C)(Cl)CC. The minimum Gasteiger partial charge on any atom is -0.466 e. The van der Waals surface area contributed by atoms with Gasteiger partial charge in [-0.1, -0.05) is 45.3 Å². The van der Waals surface area contributed by atoms with Crippen molar-refractivity contribution in [3.8, 4) is 0 Å². The summed E-state index contributed by atoms with van der Waals surface area (Å²) < 4.78 is 4.60. The Morgan fingerprint density at radius 1 is 1.38 bits per heavy atom. The van der Waals surface area contributed by atoms with Crippen LogP contribution in [0.2, 0.25) is 0 Å².